The maximum Gasteiger partial charge on any atom is 0.472 e. The minimum absolute atomic E-state index is 0.00634. The highest BCUT2D eigenvalue weighted by atomic mass is 31.2. The topological polar surface area (TPSA) is 129 Å². The minimum Gasteiger partial charge on any atom is -0.462 e. The second-order valence-corrected chi connectivity index (χ2v) is 16.3. The van der Waals surface area contributed by atoms with Crippen molar-refractivity contribution in [3.8, 4) is 0 Å². The number of phosphoric ester groups is 1. The molecule has 0 aromatic carbocycles. The molecule has 0 spiro atoms. The van der Waals surface area contributed by atoms with Crippen molar-refractivity contribution in [2.45, 2.75) is 148 Å². The minimum atomic E-state index is -4.41. The molecular formula is C44H77NO9P+. The van der Waals surface area contributed by atoms with E-state index in [-0.39, 0.29) is 26.1 Å². The van der Waals surface area contributed by atoms with Crippen LogP contribution in [0.5, 0.6) is 0 Å². The van der Waals surface area contributed by atoms with Crippen LogP contribution in [0, 0.1) is 0 Å². The highest BCUT2D eigenvalue weighted by molar-refractivity contribution is 7.47. The van der Waals surface area contributed by atoms with E-state index >= 15 is 0 Å². The Morgan fingerprint density at radius 1 is 0.673 bits per heavy atom. The van der Waals surface area contributed by atoms with Gasteiger partial charge in [0.15, 0.2) is 6.10 Å². The van der Waals surface area contributed by atoms with Gasteiger partial charge in [0.1, 0.15) is 19.8 Å². The van der Waals surface area contributed by atoms with Crippen molar-refractivity contribution in [1.82, 2.24) is 0 Å². The SMILES string of the molecule is CC/C=C\C/C=C\CC(O)/C=C/C=C\C/C=C\C/C=C\CCC(=O)O[C@H](COC(=O)CCCCCCCCCCCCC)COP(=O)(O)OCC[N+](C)(C)C. The molecule has 0 aliphatic heterocycles. The summed E-state index contributed by atoms with van der Waals surface area (Å²) in [5.41, 5.74) is 0. The summed E-state index contributed by atoms with van der Waals surface area (Å²) in [6.45, 7) is 4.10. The zero-order valence-electron chi connectivity index (χ0n) is 35.0. The Balaban J connectivity index is 4.60. The lowest BCUT2D eigenvalue weighted by atomic mass is 10.1. The maximum absolute atomic E-state index is 12.6. The van der Waals surface area contributed by atoms with E-state index in [4.69, 9.17) is 18.5 Å². The molecule has 0 radical (unpaired) electrons. The van der Waals surface area contributed by atoms with Crippen molar-refractivity contribution in [3.63, 3.8) is 0 Å². The van der Waals surface area contributed by atoms with Crippen molar-refractivity contribution < 1.29 is 47.2 Å². The van der Waals surface area contributed by atoms with Gasteiger partial charge in [0.2, 0.25) is 0 Å². The van der Waals surface area contributed by atoms with Crippen LogP contribution in [0.25, 0.3) is 0 Å². The van der Waals surface area contributed by atoms with Gasteiger partial charge >= 0.3 is 19.8 Å². The molecule has 0 aliphatic rings. The highest BCUT2D eigenvalue weighted by Crippen LogP contribution is 2.43. The lowest BCUT2D eigenvalue weighted by Crippen LogP contribution is -2.37. The lowest BCUT2D eigenvalue weighted by molar-refractivity contribution is -0.870. The number of esters is 2. The molecule has 10 nitrogen and oxygen atoms in total. The van der Waals surface area contributed by atoms with E-state index in [0.29, 0.717) is 30.3 Å². The zero-order valence-corrected chi connectivity index (χ0v) is 35.9. The first-order valence-corrected chi connectivity index (χ1v) is 22.3. The van der Waals surface area contributed by atoms with Crippen molar-refractivity contribution in [2.75, 3.05) is 47.5 Å². The average Bonchev–Trinajstić information content (AvgIpc) is 3.13. The van der Waals surface area contributed by atoms with Crippen LogP contribution < -0.4 is 0 Å². The van der Waals surface area contributed by atoms with Crippen molar-refractivity contribution in [3.05, 3.63) is 72.9 Å². The number of hydrogen-bond acceptors (Lipinski definition) is 8. The van der Waals surface area contributed by atoms with Crippen molar-refractivity contribution in [1.29, 1.82) is 0 Å². The monoisotopic (exact) mass is 795 g/mol. The zero-order chi connectivity index (χ0) is 40.9. The van der Waals surface area contributed by atoms with Gasteiger partial charge in [0.25, 0.3) is 0 Å². The number of nitrogens with zero attached hydrogens (tertiary/aromatic N) is 1. The average molecular weight is 795 g/mol. The maximum atomic E-state index is 12.6. The fourth-order valence-electron chi connectivity index (χ4n) is 5.06. The van der Waals surface area contributed by atoms with E-state index in [9.17, 15) is 24.2 Å². The van der Waals surface area contributed by atoms with Crippen LogP contribution in [0.1, 0.15) is 136 Å². The van der Waals surface area contributed by atoms with Gasteiger partial charge < -0.3 is 24.0 Å². The van der Waals surface area contributed by atoms with Gasteiger partial charge in [-0.3, -0.25) is 18.6 Å². The van der Waals surface area contributed by atoms with Gasteiger partial charge in [-0.1, -0.05) is 151 Å². The number of allylic oxidation sites excluding steroid dienone is 10. The van der Waals surface area contributed by atoms with Crippen LogP contribution in [-0.2, 0) is 32.7 Å². The molecule has 0 aromatic heterocycles. The van der Waals surface area contributed by atoms with Gasteiger partial charge in [-0.25, -0.2) is 4.57 Å². The number of rotatable bonds is 36. The van der Waals surface area contributed by atoms with Gasteiger partial charge in [0.05, 0.1) is 33.9 Å². The molecule has 55 heavy (non-hydrogen) atoms. The Kier molecular flexibility index (Phi) is 34.1. The number of hydrogen-bond donors (Lipinski definition) is 2. The number of aliphatic hydroxyl groups is 1. The number of aliphatic hydroxyl groups excluding tert-OH is 1. The molecule has 0 heterocycles. The van der Waals surface area contributed by atoms with Crippen LogP contribution >= 0.6 is 7.82 Å². The Morgan fingerprint density at radius 2 is 1.25 bits per heavy atom. The van der Waals surface area contributed by atoms with E-state index in [1.807, 2.05) is 69.8 Å². The molecule has 0 saturated carbocycles. The Labute approximate surface area is 334 Å². The fourth-order valence-corrected chi connectivity index (χ4v) is 5.81. The van der Waals surface area contributed by atoms with Crippen LogP contribution in [-0.4, -0.2) is 86.1 Å². The Bertz CT molecular complexity index is 1190. The molecular weight excluding hydrogens is 717 g/mol. The summed E-state index contributed by atoms with van der Waals surface area (Å²) in [6.07, 6.45) is 40.0. The van der Waals surface area contributed by atoms with Crippen LogP contribution in [0.2, 0.25) is 0 Å². The molecule has 2 unspecified atom stereocenters. The molecule has 0 bridgehead atoms. The number of unbranched alkanes of at least 4 members (excludes halogenated alkanes) is 10. The highest BCUT2D eigenvalue weighted by Gasteiger charge is 2.27. The third-order valence-corrected chi connectivity index (χ3v) is 9.33. The molecule has 0 saturated heterocycles. The molecule has 0 aromatic rings. The van der Waals surface area contributed by atoms with E-state index in [1.54, 1.807) is 6.08 Å². The molecule has 316 valence electrons. The summed E-state index contributed by atoms with van der Waals surface area (Å²) < 4.78 is 34.1. The number of likely N-dealkylation sites (N-methyl/N-ethyl adjacent to an activating group) is 1. The van der Waals surface area contributed by atoms with Gasteiger partial charge in [-0.05, 0) is 44.9 Å². The summed E-state index contributed by atoms with van der Waals surface area (Å²) in [4.78, 5) is 35.2. The first kappa shape index (κ1) is 52.4. The standard InChI is InChI=1S/C44H76NO9P/c1-6-8-10-12-14-15-16-20-23-27-31-35-43(47)51-39-42(40-53-55(49,50)52-38-37-45(3,4)5)54-44(48)36-32-28-24-21-18-17-19-22-26-30-34-41(46)33-29-25-13-11-9-7-2/h9,11,17-18,22,24-26,28-30,34,41-42,46H,6-8,10,12-16,19-21,23,27,31-33,35-40H2,1-5H3/p+1/b11-9-,18-17-,26-22-,28-24-,29-25-,34-30+/t41?,42-/m1/s1. The van der Waals surface area contributed by atoms with E-state index in [1.165, 1.54) is 51.4 Å². The fraction of sp³-hybridized carbons (Fsp3) is 0.682. The summed E-state index contributed by atoms with van der Waals surface area (Å²) in [7, 11) is 1.39. The van der Waals surface area contributed by atoms with Crippen LogP contribution in [0.4, 0.5) is 0 Å². The third kappa shape index (κ3) is 39.4. The number of carbonyl (C=O) groups is 2. The van der Waals surface area contributed by atoms with Gasteiger partial charge in [-0.2, -0.15) is 0 Å². The smallest absolute Gasteiger partial charge is 0.462 e. The first-order chi connectivity index (χ1) is 26.4. The molecule has 0 aliphatic carbocycles. The molecule has 0 amide bonds. The lowest BCUT2D eigenvalue weighted by Gasteiger charge is -2.24. The second-order valence-electron chi connectivity index (χ2n) is 14.8. The summed E-state index contributed by atoms with van der Waals surface area (Å²) >= 11 is 0. The Hall–Kier alpha value is -2.59. The number of phosphoric acid groups is 1. The van der Waals surface area contributed by atoms with E-state index in [2.05, 4.69) is 32.1 Å². The largest absolute Gasteiger partial charge is 0.472 e. The molecule has 0 fully saturated rings. The summed E-state index contributed by atoms with van der Waals surface area (Å²) in [6, 6.07) is 0. The first-order valence-electron chi connectivity index (χ1n) is 20.8. The summed E-state index contributed by atoms with van der Waals surface area (Å²) in [5.74, 6) is -0.933. The predicted octanol–water partition coefficient (Wildman–Crippen LogP) is 10.4. The quantitative estimate of drug-likeness (QED) is 0.0159. The predicted molar refractivity (Wildman–Crippen MR) is 225 cm³/mol. The Morgan fingerprint density at radius 3 is 1.89 bits per heavy atom. The second kappa shape index (κ2) is 35.8. The number of carbonyl (C=O) groups excluding carboxylic acids is 2. The summed E-state index contributed by atoms with van der Waals surface area (Å²) in [5, 5.41) is 10.0. The van der Waals surface area contributed by atoms with Gasteiger partial charge in [0, 0.05) is 12.8 Å². The van der Waals surface area contributed by atoms with Crippen molar-refractivity contribution >= 4 is 19.8 Å². The molecule has 0 rings (SSSR count). The van der Waals surface area contributed by atoms with Crippen LogP contribution in [0.15, 0.2) is 72.9 Å². The van der Waals surface area contributed by atoms with Crippen LogP contribution in [0.3, 0.4) is 0 Å². The molecule has 2 N–H and O–H groups in total. The number of quaternary nitrogens is 1. The number of ether oxygens (including phenoxy) is 2. The molecule has 11 heteroatoms. The van der Waals surface area contributed by atoms with Gasteiger partial charge in [-0.15, -0.1) is 0 Å². The normalized spacial score (nSPS) is 15.0. The van der Waals surface area contributed by atoms with Crippen molar-refractivity contribution in [2.24, 2.45) is 0 Å². The van der Waals surface area contributed by atoms with E-state index in [0.717, 1.165) is 38.5 Å². The third-order valence-electron chi connectivity index (χ3n) is 8.34. The molecule has 3 atom stereocenters. The van der Waals surface area contributed by atoms with E-state index < -0.39 is 38.6 Å².